The van der Waals surface area contributed by atoms with Gasteiger partial charge < -0.3 is 20.2 Å². The summed E-state index contributed by atoms with van der Waals surface area (Å²) in [5.41, 5.74) is 3.95. The van der Waals surface area contributed by atoms with E-state index in [0.29, 0.717) is 17.2 Å². The number of anilines is 4. The Labute approximate surface area is 209 Å². The number of hydrogen-bond donors (Lipinski definition) is 3. The van der Waals surface area contributed by atoms with E-state index >= 15 is 0 Å². The van der Waals surface area contributed by atoms with E-state index < -0.39 is 4.92 Å². The standard InChI is InChI=1S/C21H22IN9O3/c1-29-8-10-30(11-9-29)21-26-19(24-16-3-5-17(6-4-16)31(33)34)25-20(27-21)28-23-13-14-12-15(22)2-7-18(14)32/h2-7,12-13,32H,8-11H2,1H3,(H2,24,25,26,27,28)/b23-13-. The van der Waals surface area contributed by atoms with Crippen LogP contribution in [0.25, 0.3) is 0 Å². The van der Waals surface area contributed by atoms with Crippen molar-refractivity contribution in [2.24, 2.45) is 5.10 Å². The summed E-state index contributed by atoms with van der Waals surface area (Å²) in [7, 11) is 2.06. The van der Waals surface area contributed by atoms with Crippen LogP contribution >= 0.6 is 22.6 Å². The fourth-order valence-electron chi connectivity index (χ4n) is 3.20. The van der Waals surface area contributed by atoms with Gasteiger partial charge in [0.25, 0.3) is 5.69 Å². The molecule has 0 amide bonds. The molecule has 1 saturated heterocycles. The number of likely N-dealkylation sites (N-methyl/N-ethyl adjacent to an activating group) is 1. The Balaban J connectivity index is 1.58. The highest BCUT2D eigenvalue weighted by Gasteiger charge is 2.19. The first-order chi connectivity index (χ1) is 16.4. The SMILES string of the molecule is CN1CCN(c2nc(N/N=C\c3cc(I)ccc3O)nc(Nc3ccc([N+](=O)[O-])cc3)n2)CC1. The van der Waals surface area contributed by atoms with Crippen LogP contribution in [0.2, 0.25) is 0 Å². The summed E-state index contributed by atoms with van der Waals surface area (Å²) >= 11 is 2.16. The molecule has 4 rings (SSSR count). The van der Waals surface area contributed by atoms with E-state index in [1.807, 2.05) is 0 Å². The molecular formula is C21H22IN9O3. The third kappa shape index (κ3) is 6.05. The minimum absolute atomic E-state index is 0.00478. The van der Waals surface area contributed by atoms with E-state index in [-0.39, 0.29) is 23.3 Å². The Morgan fingerprint density at radius 2 is 1.79 bits per heavy atom. The summed E-state index contributed by atoms with van der Waals surface area (Å²) in [5, 5.41) is 28.1. The van der Waals surface area contributed by atoms with Crippen LogP contribution in [0, 0.1) is 13.7 Å². The number of benzene rings is 2. The van der Waals surface area contributed by atoms with Gasteiger partial charge >= 0.3 is 0 Å². The normalized spacial score (nSPS) is 14.4. The maximum atomic E-state index is 10.9. The lowest BCUT2D eigenvalue weighted by Crippen LogP contribution is -2.45. The largest absolute Gasteiger partial charge is 0.507 e. The van der Waals surface area contributed by atoms with Crippen LogP contribution in [0.15, 0.2) is 47.6 Å². The number of piperazine rings is 1. The Morgan fingerprint density at radius 3 is 2.50 bits per heavy atom. The van der Waals surface area contributed by atoms with Gasteiger partial charge in [0.15, 0.2) is 0 Å². The minimum atomic E-state index is -0.455. The lowest BCUT2D eigenvalue weighted by molar-refractivity contribution is -0.384. The molecule has 1 aromatic heterocycles. The number of hydrogen-bond acceptors (Lipinski definition) is 11. The second-order valence-corrected chi connectivity index (χ2v) is 8.82. The predicted molar refractivity (Wildman–Crippen MR) is 138 cm³/mol. The first-order valence-corrected chi connectivity index (χ1v) is 11.4. The molecular weight excluding hydrogens is 553 g/mol. The minimum Gasteiger partial charge on any atom is -0.507 e. The van der Waals surface area contributed by atoms with E-state index in [9.17, 15) is 15.2 Å². The van der Waals surface area contributed by atoms with Crippen molar-refractivity contribution in [3.05, 3.63) is 61.7 Å². The Morgan fingerprint density at radius 1 is 1.09 bits per heavy atom. The smallest absolute Gasteiger partial charge is 0.269 e. The van der Waals surface area contributed by atoms with Crippen molar-refractivity contribution in [2.75, 3.05) is 48.9 Å². The van der Waals surface area contributed by atoms with Crippen molar-refractivity contribution in [3.63, 3.8) is 0 Å². The van der Waals surface area contributed by atoms with E-state index in [2.05, 4.69) is 70.2 Å². The van der Waals surface area contributed by atoms with Gasteiger partial charge in [-0.15, -0.1) is 0 Å². The second-order valence-electron chi connectivity index (χ2n) is 7.58. The van der Waals surface area contributed by atoms with Gasteiger partial charge in [0, 0.05) is 53.1 Å². The number of hydrazone groups is 1. The van der Waals surface area contributed by atoms with Crippen molar-refractivity contribution in [1.82, 2.24) is 19.9 Å². The number of aromatic nitrogens is 3. The maximum absolute atomic E-state index is 10.9. The van der Waals surface area contributed by atoms with Crippen LogP contribution in [-0.2, 0) is 0 Å². The molecule has 0 spiro atoms. The molecule has 0 atom stereocenters. The number of aromatic hydroxyl groups is 1. The number of non-ortho nitro benzene ring substituents is 1. The Kier molecular flexibility index (Phi) is 7.32. The van der Waals surface area contributed by atoms with Crippen LogP contribution in [0.4, 0.5) is 29.2 Å². The summed E-state index contributed by atoms with van der Waals surface area (Å²) in [6.45, 7) is 3.28. The quantitative estimate of drug-likeness (QED) is 0.166. The zero-order valence-electron chi connectivity index (χ0n) is 18.2. The molecule has 0 aliphatic carbocycles. The molecule has 0 saturated carbocycles. The number of halogens is 1. The van der Waals surface area contributed by atoms with Gasteiger partial charge in [0.2, 0.25) is 17.8 Å². The van der Waals surface area contributed by atoms with E-state index in [1.165, 1.54) is 18.3 Å². The molecule has 2 heterocycles. The molecule has 3 aromatic rings. The monoisotopic (exact) mass is 575 g/mol. The molecule has 1 aliphatic heterocycles. The topological polar surface area (TPSA) is 145 Å². The summed E-state index contributed by atoms with van der Waals surface area (Å²) in [5.74, 6) is 1.09. The fourth-order valence-corrected chi connectivity index (χ4v) is 3.72. The number of rotatable bonds is 7. The lowest BCUT2D eigenvalue weighted by Gasteiger charge is -2.32. The number of nitrogens with zero attached hydrogens (tertiary/aromatic N) is 7. The number of phenolic OH excluding ortho intramolecular Hbond substituents is 1. The molecule has 176 valence electrons. The first kappa shape index (κ1) is 23.6. The zero-order chi connectivity index (χ0) is 24.1. The Hall–Kier alpha value is -3.59. The number of nitro benzene ring substituents is 1. The highest BCUT2D eigenvalue weighted by molar-refractivity contribution is 14.1. The van der Waals surface area contributed by atoms with Gasteiger partial charge in [-0.2, -0.15) is 20.1 Å². The van der Waals surface area contributed by atoms with E-state index in [4.69, 9.17) is 0 Å². The van der Waals surface area contributed by atoms with E-state index in [1.54, 1.807) is 30.3 Å². The van der Waals surface area contributed by atoms with Gasteiger partial charge in [0.05, 0.1) is 11.1 Å². The van der Waals surface area contributed by atoms with Crippen molar-refractivity contribution in [1.29, 1.82) is 0 Å². The number of nitro groups is 1. The highest BCUT2D eigenvalue weighted by Crippen LogP contribution is 2.22. The summed E-state index contributed by atoms with van der Waals surface area (Å²) in [4.78, 5) is 28.1. The third-order valence-electron chi connectivity index (χ3n) is 5.10. The van der Waals surface area contributed by atoms with Crippen LogP contribution in [0.1, 0.15) is 5.56 Å². The van der Waals surface area contributed by atoms with Gasteiger partial charge in [-0.3, -0.25) is 10.1 Å². The lowest BCUT2D eigenvalue weighted by atomic mass is 10.2. The van der Waals surface area contributed by atoms with Crippen LogP contribution < -0.4 is 15.6 Å². The van der Waals surface area contributed by atoms with Crippen molar-refractivity contribution >= 4 is 58.0 Å². The predicted octanol–water partition coefficient (Wildman–Crippen LogP) is 3.03. The van der Waals surface area contributed by atoms with Crippen LogP contribution in [0.3, 0.4) is 0 Å². The maximum Gasteiger partial charge on any atom is 0.269 e. The average molecular weight is 575 g/mol. The molecule has 0 radical (unpaired) electrons. The third-order valence-corrected chi connectivity index (χ3v) is 5.77. The van der Waals surface area contributed by atoms with Gasteiger partial charge in [-0.1, -0.05) is 0 Å². The van der Waals surface area contributed by atoms with E-state index in [0.717, 1.165) is 29.7 Å². The van der Waals surface area contributed by atoms with Crippen molar-refractivity contribution in [3.8, 4) is 5.75 Å². The molecule has 0 bridgehead atoms. The molecule has 34 heavy (non-hydrogen) atoms. The highest BCUT2D eigenvalue weighted by atomic mass is 127. The van der Waals surface area contributed by atoms with Crippen LogP contribution in [0.5, 0.6) is 5.75 Å². The Bertz CT molecular complexity index is 1200. The summed E-state index contributed by atoms with van der Waals surface area (Å²) < 4.78 is 0.962. The summed E-state index contributed by atoms with van der Waals surface area (Å²) in [6, 6.07) is 11.2. The molecule has 1 aliphatic rings. The van der Waals surface area contributed by atoms with Gasteiger partial charge in [0.1, 0.15) is 5.75 Å². The molecule has 12 nitrogen and oxygen atoms in total. The molecule has 3 N–H and O–H groups in total. The van der Waals surface area contributed by atoms with Gasteiger partial charge in [-0.05, 0) is 60.0 Å². The van der Waals surface area contributed by atoms with Gasteiger partial charge in [-0.25, -0.2) is 5.43 Å². The average Bonchev–Trinajstić information content (AvgIpc) is 2.82. The fraction of sp³-hybridized carbons (Fsp3) is 0.238. The number of phenols is 1. The molecule has 2 aromatic carbocycles. The zero-order valence-corrected chi connectivity index (χ0v) is 20.4. The second kappa shape index (κ2) is 10.6. The van der Waals surface area contributed by atoms with Crippen molar-refractivity contribution < 1.29 is 10.0 Å². The van der Waals surface area contributed by atoms with Crippen molar-refractivity contribution in [2.45, 2.75) is 0 Å². The summed E-state index contributed by atoms with van der Waals surface area (Å²) in [6.07, 6.45) is 1.49. The van der Waals surface area contributed by atoms with Crippen LogP contribution in [-0.4, -0.2) is 69.3 Å². The number of nitrogens with one attached hydrogen (secondary N) is 2. The first-order valence-electron chi connectivity index (χ1n) is 10.4. The molecule has 0 unspecified atom stereocenters. The molecule has 13 heteroatoms. The molecule has 1 fully saturated rings.